The minimum Gasteiger partial charge on any atom is -0.331 e. The molecule has 1 aromatic heterocycles. The second-order valence-corrected chi connectivity index (χ2v) is 4.91. The van der Waals surface area contributed by atoms with Crippen molar-refractivity contribution in [1.82, 2.24) is 14.9 Å². The van der Waals surface area contributed by atoms with Crippen LogP contribution < -0.4 is 5.32 Å². The molecule has 2 fully saturated rings. The van der Waals surface area contributed by atoms with Crippen LogP contribution in [0.15, 0.2) is 12.5 Å². The number of piperidine rings is 1. The van der Waals surface area contributed by atoms with E-state index in [0.29, 0.717) is 6.04 Å². The van der Waals surface area contributed by atoms with Crippen LogP contribution in [0.4, 0.5) is 0 Å². The van der Waals surface area contributed by atoms with Crippen molar-refractivity contribution < 1.29 is 0 Å². The third-order valence-electron chi connectivity index (χ3n) is 3.95. The lowest BCUT2D eigenvalue weighted by atomic mass is 9.99. The van der Waals surface area contributed by atoms with Gasteiger partial charge in [0.1, 0.15) is 0 Å². The molecule has 0 aromatic carbocycles. The molecule has 0 radical (unpaired) electrons. The molecular weight excluding hydrogens is 186 g/mol. The fourth-order valence-electron chi connectivity index (χ4n) is 3.19. The quantitative estimate of drug-likeness (QED) is 0.799. The molecule has 2 atom stereocenters. The minimum absolute atomic E-state index is 0.696. The van der Waals surface area contributed by atoms with Gasteiger partial charge in [0.15, 0.2) is 0 Å². The van der Waals surface area contributed by atoms with E-state index in [1.54, 1.807) is 0 Å². The lowest BCUT2D eigenvalue weighted by Crippen LogP contribution is -2.39. The number of aromatic nitrogens is 2. The summed E-state index contributed by atoms with van der Waals surface area (Å²) in [5, 5.41) is 3.69. The zero-order chi connectivity index (χ0) is 10.3. The molecule has 0 saturated carbocycles. The van der Waals surface area contributed by atoms with Gasteiger partial charge in [-0.15, -0.1) is 0 Å². The Bertz CT molecular complexity index is 332. The Morgan fingerprint density at radius 2 is 2.13 bits per heavy atom. The van der Waals surface area contributed by atoms with Crippen molar-refractivity contribution in [1.29, 1.82) is 0 Å². The van der Waals surface area contributed by atoms with Crippen LogP contribution in [-0.4, -0.2) is 21.6 Å². The van der Waals surface area contributed by atoms with Gasteiger partial charge >= 0.3 is 0 Å². The van der Waals surface area contributed by atoms with Gasteiger partial charge in [-0.2, -0.15) is 0 Å². The Kier molecular flexibility index (Phi) is 2.28. The van der Waals surface area contributed by atoms with Gasteiger partial charge in [0, 0.05) is 30.0 Å². The van der Waals surface area contributed by atoms with Crippen LogP contribution in [0.1, 0.15) is 44.3 Å². The number of imidazole rings is 1. The molecule has 2 bridgehead atoms. The first-order valence-electron chi connectivity index (χ1n) is 6.13. The molecule has 15 heavy (non-hydrogen) atoms. The monoisotopic (exact) mass is 205 g/mol. The van der Waals surface area contributed by atoms with Gasteiger partial charge in [-0.1, -0.05) is 6.92 Å². The van der Waals surface area contributed by atoms with E-state index in [1.807, 2.05) is 12.5 Å². The maximum Gasteiger partial charge on any atom is 0.0950 e. The smallest absolute Gasteiger partial charge is 0.0950 e. The Morgan fingerprint density at radius 1 is 1.40 bits per heavy atom. The van der Waals surface area contributed by atoms with Gasteiger partial charge in [0.05, 0.1) is 6.33 Å². The summed E-state index contributed by atoms with van der Waals surface area (Å²) in [5.41, 5.74) is 1.39. The van der Waals surface area contributed by atoms with Crippen LogP contribution in [0.5, 0.6) is 0 Å². The fraction of sp³-hybridized carbons (Fsp3) is 0.750. The molecule has 82 valence electrons. The van der Waals surface area contributed by atoms with Gasteiger partial charge in [-0.05, 0) is 32.1 Å². The summed E-state index contributed by atoms with van der Waals surface area (Å²) in [4.78, 5) is 4.28. The third-order valence-corrected chi connectivity index (χ3v) is 3.95. The summed E-state index contributed by atoms with van der Waals surface area (Å²) in [7, 11) is 0. The van der Waals surface area contributed by atoms with Crippen LogP contribution >= 0.6 is 0 Å². The lowest BCUT2D eigenvalue weighted by molar-refractivity contribution is 0.294. The van der Waals surface area contributed by atoms with Crippen LogP contribution in [-0.2, 0) is 6.42 Å². The molecule has 2 aliphatic heterocycles. The zero-order valence-corrected chi connectivity index (χ0v) is 9.32. The SMILES string of the molecule is CCc1cncn1C1CC2CCC(C1)N2. The van der Waals surface area contributed by atoms with Crippen molar-refractivity contribution in [3.8, 4) is 0 Å². The number of nitrogens with zero attached hydrogens (tertiary/aromatic N) is 2. The van der Waals surface area contributed by atoms with Gasteiger partial charge < -0.3 is 9.88 Å². The molecule has 2 saturated heterocycles. The summed E-state index contributed by atoms with van der Waals surface area (Å²) >= 11 is 0. The molecule has 0 amide bonds. The van der Waals surface area contributed by atoms with Crippen LogP contribution in [0, 0.1) is 0 Å². The number of nitrogens with one attached hydrogen (secondary N) is 1. The standard InChI is InChI=1S/C12H19N3/c1-2-11-7-13-8-15(11)12-5-9-3-4-10(6-12)14-9/h7-10,12,14H,2-6H2,1H3. The van der Waals surface area contributed by atoms with Gasteiger partial charge in [0.25, 0.3) is 0 Å². The summed E-state index contributed by atoms with van der Waals surface area (Å²) < 4.78 is 2.41. The van der Waals surface area contributed by atoms with E-state index in [9.17, 15) is 0 Å². The van der Waals surface area contributed by atoms with E-state index in [4.69, 9.17) is 0 Å². The highest BCUT2D eigenvalue weighted by atomic mass is 15.1. The normalized spacial score (nSPS) is 34.6. The van der Waals surface area contributed by atoms with Crippen molar-refractivity contribution in [2.45, 2.75) is 57.2 Å². The Morgan fingerprint density at radius 3 is 2.80 bits per heavy atom. The van der Waals surface area contributed by atoms with Gasteiger partial charge in [-0.25, -0.2) is 4.98 Å². The first kappa shape index (κ1) is 9.40. The van der Waals surface area contributed by atoms with E-state index in [1.165, 1.54) is 31.4 Å². The molecule has 1 N–H and O–H groups in total. The molecule has 1 aromatic rings. The third kappa shape index (κ3) is 1.59. The Balaban J connectivity index is 1.82. The van der Waals surface area contributed by atoms with Crippen LogP contribution in [0.3, 0.4) is 0 Å². The Labute approximate surface area is 90.9 Å². The zero-order valence-electron chi connectivity index (χ0n) is 9.32. The lowest BCUT2D eigenvalue weighted by Gasteiger charge is -2.30. The topological polar surface area (TPSA) is 29.9 Å². The van der Waals surface area contributed by atoms with Gasteiger partial charge in [-0.3, -0.25) is 0 Å². The predicted octanol–water partition coefficient (Wildman–Crippen LogP) is 1.90. The highest BCUT2D eigenvalue weighted by Crippen LogP contribution is 2.34. The molecule has 2 aliphatic rings. The average molecular weight is 205 g/mol. The van der Waals surface area contributed by atoms with E-state index in [2.05, 4.69) is 21.8 Å². The number of rotatable bonds is 2. The molecule has 3 heteroatoms. The van der Waals surface area contributed by atoms with Gasteiger partial charge in [0.2, 0.25) is 0 Å². The first-order valence-corrected chi connectivity index (χ1v) is 6.13. The summed E-state index contributed by atoms with van der Waals surface area (Å²) in [6, 6.07) is 2.22. The minimum atomic E-state index is 0.696. The Hall–Kier alpha value is -0.830. The fourth-order valence-corrected chi connectivity index (χ4v) is 3.19. The molecule has 3 heterocycles. The second-order valence-electron chi connectivity index (χ2n) is 4.91. The van der Waals surface area contributed by atoms with Crippen molar-refractivity contribution in [2.75, 3.05) is 0 Å². The van der Waals surface area contributed by atoms with Crippen molar-refractivity contribution in [3.05, 3.63) is 18.2 Å². The van der Waals surface area contributed by atoms with E-state index >= 15 is 0 Å². The molecule has 0 aliphatic carbocycles. The molecular formula is C12H19N3. The van der Waals surface area contributed by atoms with Crippen molar-refractivity contribution >= 4 is 0 Å². The highest BCUT2D eigenvalue weighted by molar-refractivity contribution is 5.03. The first-order chi connectivity index (χ1) is 7.36. The predicted molar refractivity (Wildman–Crippen MR) is 59.8 cm³/mol. The molecule has 3 nitrogen and oxygen atoms in total. The van der Waals surface area contributed by atoms with Crippen molar-refractivity contribution in [2.24, 2.45) is 0 Å². The number of fused-ring (bicyclic) bond motifs is 2. The maximum atomic E-state index is 4.28. The second kappa shape index (κ2) is 3.63. The largest absolute Gasteiger partial charge is 0.331 e. The van der Waals surface area contributed by atoms with Crippen LogP contribution in [0.2, 0.25) is 0 Å². The van der Waals surface area contributed by atoms with Crippen molar-refractivity contribution in [3.63, 3.8) is 0 Å². The summed E-state index contributed by atoms with van der Waals surface area (Å²) in [5.74, 6) is 0. The number of hydrogen-bond donors (Lipinski definition) is 1. The summed E-state index contributed by atoms with van der Waals surface area (Å²) in [6.07, 6.45) is 10.5. The average Bonchev–Trinajstić information content (AvgIpc) is 2.85. The number of hydrogen-bond acceptors (Lipinski definition) is 2. The molecule has 0 spiro atoms. The van der Waals surface area contributed by atoms with E-state index < -0.39 is 0 Å². The van der Waals surface area contributed by atoms with Crippen LogP contribution in [0.25, 0.3) is 0 Å². The number of aryl methyl sites for hydroxylation is 1. The van der Waals surface area contributed by atoms with E-state index in [-0.39, 0.29) is 0 Å². The van der Waals surface area contributed by atoms with E-state index in [0.717, 1.165) is 18.5 Å². The summed E-state index contributed by atoms with van der Waals surface area (Å²) in [6.45, 7) is 2.21. The highest BCUT2D eigenvalue weighted by Gasteiger charge is 2.34. The maximum absolute atomic E-state index is 4.28. The molecule has 3 rings (SSSR count). The molecule has 2 unspecified atom stereocenters.